The van der Waals surface area contributed by atoms with Gasteiger partial charge in [-0.05, 0) is 79.6 Å². The van der Waals surface area contributed by atoms with E-state index in [1.54, 1.807) is 6.07 Å². The van der Waals surface area contributed by atoms with Gasteiger partial charge in [0.2, 0.25) is 0 Å². The van der Waals surface area contributed by atoms with Gasteiger partial charge in [-0.2, -0.15) is 0 Å². The molecule has 0 aromatic heterocycles. The van der Waals surface area contributed by atoms with Crippen LogP contribution in [0.15, 0.2) is 24.3 Å². The quantitative estimate of drug-likeness (QED) is 0.605. The van der Waals surface area contributed by atoms with Gasteiger partial charge in [0, 0.05) is 4.83 Å². The zero-order valence-corrected chi connectivity index (χ0v) is 14.3. The van der Waals surface area contributed by atoms with E-state index in [1.807, 2.05) is 0 Å². The summed E-state index contributed by atoms with van der Waals surface area (Å²) in [6.07, 6.45) is 0.627. The Morgan fingerprint density at radius 1 is 0.905 bits per heavy atom. The molecule has 1 atom stereocenters. The molecule has 0 heterocycles. The highest BCUT2D eigenvalue weighted by molar-refractivity contribution is 9.09. The predicted octanol–water partition coefficient (Wildman–Crippen LogP) is 5.88. The van der Waals surface area contributed by atoms with Crippen LogP contribution >= 0.6 is 15.9 Å². The summed E-state index contributed by atoms with van der Waals surface area (Å²) in [5, 5.41) is 0. The van der Waals surface area contributed by atoms with E-state index in [2.05, 4.69) is 49.7 Å². The molecule has 2 aromatic carbocycles. The van der Waals surface area contributed by atoms with Crippen LogP contribution in [-0.2, 0) is 6.42 Å². The van der Waals surface area contributed by atoms with Crippen molar-refractivity contribution in [1.29, 1.82) is 0 Å². The van der Waals surface area contributed by atoms with Gasteiger partial charge in [-0.3, -0.25) is 0 Å². The lowest BCUT2D eigenvalue weighted by atomic mass is 9.90. The van der Waals surface area contributed by atoms with Crippen LogP contribution < -0.4 is 0 Å². The molecule has 0 amide bonds. The first-order valence-corrected chi connectivity index (χ1v) is 7.88. The lowest BCUT2D eigenvalue weighted by Crippen LogP contribution is -2.04. The number of benzene rings is 2. The Morgan fingerprint density at radius 2 is 1.48 bits per heavy atom. The Kier molecular flexibility index (Phi) is 4.82. The molecule has 2 rings (SSSR count). The van der Waals surface area contributed by atoms with Crippen LogP contribution in [0.2, 0.25) is 0 Å². The number of hydrogen-bond acceptors (Lipinski definition) is 0. The van der Waals surface area contributed by atoms with E-state index in [1.165, 1.54) is 39.9 Å². The lowest BCUT2D eigenvalue weighted by molar-refractivity contribution is 0.507. The fraction of sp³-hybridized carbons (Fsp3) is 0.333. The molecule has 0 saturated heterocycles. The Morgan fingerprint density at radius 3 is 2.00 bits per heavy atom. The number of halogens is 3. The zero-order valence-electron chi connectivity index (χ0n) is 12.7. The van der Waals surface area contributed by atoms with E-state index in [-0.39, 0.29) is 4.83 Å². The summed E-state index contributed by atoms with van der Waals surface area (Å²) in [4.78, 5) is 0.0842. The molecule has 0 aliphatic carbocycles. The van der Waals surface area contributed by atoms with Gasteiger partial charge in [-0.25, -0.2) is 8.78 Å². The molecule has 0 bridgehead atoms. The highest BCUT2D eigenvalue weighted by atomic mass is 79.9. The third kappa shape index (κ3) is 3.34. The number of alkyl halides is 1. The summed E-state index contributed by atoms with van der Waals surface area (Å²) in [7, 11) is 0. The second-order valence-corrected chi connectivity index (χ2v) is 6.70. The number of aryl methyl sites for hydroxylation is 2. The minimum absolute atomic E-state index is 0.0842. The highest BCUT2D eigenvalue weighted by Gasteiger charge is 2.17. The van der Waals surface area contributed by atoms with Gasteiger partial charge in [0.15, 0.2) is 11.6 Å². The molecule has 0 nitrogen and oxygen atoms in total. The maximum absolute atomic E-state index is 13.3. The Bertz CT molecular complexity index is 651. The van der Waals surface area contributed by atoms with Crippen molar-refractivity contribution in [2.75, 3.05) is 0 Å². The standard InChI is InChI=1S/C18H19BrF2/c1-10-7-11(2)13(4)18(12(10)3)15(19)8-14-5-6-16(20)17(21)9-14/h5-7,9,15H,8H2,1-4H3. The first kappa shape index (κ1) is 16.2. The lowest BCUT2D eigenvalue weighted by Gasteiger charge is -2.20. The molecule has 1 unspecified atom stereocenters. The van der Waals surface area contributed by atoms with E-state index >= 15 is 0 Å². The SMILES string of the molecule is Cc1cc(C)c(C)c(C(Br)Cc2ccc(F)c(F)c2)c1C. The molecule has 3 heteroatoms. The minimum Gasteiger partial charge on any atom is -0.204 e. The van der Waals surface area contributed by atoms with E-state index in [4.69, 9.17) is 0 Å². The van der Waals surface area contributed by atoms with Gasteiger partial charge in [-0.15, -0.1) is 0 Å². The van der Waals surface area contributed by atoms with Crippen LogP contribution in [0.1, 0.15) is 38.2 Å². The van der Waals surface area contributed by atoms with Crippen LogP contribution in [0.4, 0.5) is 8.78 Å². The molecule has 0 aliphatic rings. The van der Waals surface area contributed by atoms with Crippen LogP contribution in [0.25, 0.3) is 0 Å². The maximum Gasteiger partial charge on any atom is 0.159 e. The first-order chi connectivity index (χ1) is 9.81. The summed E-state index contributed by atoms with van der Waals surface area (Å²) in [5.74, 6) is -1.59. The first-order valence-electron chi connectivity index (χ1n) is 6.96. The third-order valence-electron chi connectivity index (χ3n) is 4.14. The average molecular weight is 353 g/mol. The van der Waals surface area contributed by atoms with Crippen molar-refractivity contribution < 1.29 is 8.78 Å². The van der Waals surface area contributed by atoms with Crippen LogP contribution in [-0.4, -0.2) is 0 Å². The van der Waals surface area contributed by atoms with Crippen molar-refractivity contribution in [3.63, 3.8) is 0 Å². The summed E-state index contributed by atoms with van der Waals surface area (Å²) < 4.78 is 26.3. The van der Waals surface area contributed by atoms with Crippen molar-refractivity contribution in [3.8, 4) is 0 Å². The van der Waals surface area contributed by atoms with E-state index in [0.29, 0.717) is 6.42 Å². The van der Waals surface area contributed by atoms with Gasteiger partial charge >= 0.3 is 0 Å². The van der Waals surface area contributed by atoms with Crippen molar-refractivity contribution in [2.24, 2.45) is 0 Å². The molecule has 0 aliphatic heterocycles. The van der Waals surface area contributed by atoms with Crippen LogP contribution in [0.3, 0.4) is 0 Å². The Labute approximate surface area is 133 Å². The largest absolute Gasteiger partial charge is 0.204 e. The molecule has 2 aromatic rings. The van der Waals surface area contributed by atoms with Gasteiger partial charge < -0.3 is 0 Å². The third-order valence-corrected chi connectivity index (χ3v) is 4.92. The normalized spacial score (nSPS) is 12.5. The van der Waals surface area contributed by atoms with Crippen LogP contribution in [0, 0.1) is 39.3 Å². The van der Waals surface area contributed by atoms with Gasteiger partial charge in [0.25, 0.3) is 0 Å². The molecule has 112 valence electrons. The molecule has 0 radical (unpaired) electrons. The second-order valence-electron chi connectivity index (χ2n) is 5.59. The fourth-order valence-corrected chi connectivity index (χ4v) is 3.75. The molecule has 0 saturated carbocycles. The minimum atomic E-state index is -0.802. The van der Waals surface area contributed by atoms with Crippen molar-refractivity contribution in [1.82, 2.24) is 0 Å². The molecular formula is C18H19BrF2. The predicted molar refractivity (Wildman–Crippen MR) is 87.1 cm³/mol. The van der Waals surface area contributed by atoms with E-state index in [0.717, 1.165) is 5.56 Å². The monoisotopic (exact) mass is 352 g/mol. The summed E-state index contributed by atoms with van der Waals surface area (Å²) in [6.45, 7) is 8.42. The molecular weight excluding hydrogens is 334 g/mol. The summed E-state index contributed by atoms with van der Waals surface area (Å²) in [6, 6.07) is 6.29. The summed E-state index contributed by atoms with van der Waals surface area (Å²) >= 11 is 3.72. The average Bonchev–Trinajstić information content (AvgIpc) is 2.41. The van der Waals surface area contributed by atoms with Crippen molar-refractivity contribution >= 4 is 15.9 Å². The van der Waals surface area contributed by atoms with Gasteiger partial charge in [0.05, 0.1) is 0 Å². The summed E-state index contributed by atoms with van der Waals surface area (Å²) in [5.41, 5.74) is 7.04. The van der Waals surface area contributed by atoms with Crippen molar-refractivity contribution in [3.05, 3.63) is 69.3 Å². The Hall–Kier alpha value is -1.22. The molecule has 0 N–H and O–H groups in total. The highest BCUT2D eigenvalue weighted by Crippen LogP contribution is 2.35. The number of hydrogen-bond donors (Lipinski definition) is 0. The second kappa shape index (κ2) is 6.27. The molecule has 21 heavy (non-hydrogen) atoms. The van der Waals surface area contributed by atoms with E-state index in [9.17, 15) is 8.78 Å². The molecule has 0 spiro atoms. The maximum atomic E-state index is 13.3. The van der Waals surface area contributed by atoms with Gasteiger partial charge in [-0.1, -0.05) is 28.1 Å². The van der Waals surface area contributed by atoms with Gasteiger partial charge in [0.1, 0.15) is 0 Å². The topological polar surface area (TPSA) is 0 Å². The fourth-order valence-electron chi connectivity index (χ4n) is 2.69. The smallest absolute Gasteiger partial charge is 0.159 e. The Balaban J connectivity index is 2.36. The van der Waals surface area contributed by atoms with Crippen LogP contribution in [0.5, 0.6) is 0 Å². The molecule has 0 fully saturated rings. The number of rotatable bonds is 3. The zero-order chi connectivity index (χ0) is 15.7. The van der Waals surface area contributed by atoms with E-state index < -0.39 is 11.6 Å². The van der Waals surface area contributed by atoms with Crippen molar-refractivity contribution in [2.45, 2.75) is 38.9 Å².